The number of carboxylic acid groups (broad SMARTS) is 1. The Morgan fingerprint density at radius 2 is 2.12 bits per heavy atom. The summed E-state index contributed by atoms with van der Waals surface area (Å²) in [7, 11) is 1.35. The zero-order chi connectivity index (χ0) is 24.5. The standard InChI is InChI=1S/C25H32FN3O5/c1-4-19-21-20(12-25(14-27-23(21)30)7-9-34-10-8-25)29(28-19)13-15(2)11-17-18(26)6-5-16(24(31)32)22(17)33-3/h5-6,15H,4,7-14H2,1-3H3,(H,27,30)(H,31,32)/t15-/m1/s1. The number of aromatic nitrogens is 2. The highest BCUT2D eigenvalue weighted by Gasteiger charge is 2.39. The molecule has 2 aliphatic heterocycles. The fraction of sp³-hybridized carbons (Fsp3) is 0.560. The van der Waals surface area contributed by atoms with Crippen LogP contribution in [0.1, 0.15) is 64.4 Å². The molecule has 34 heavy (non-hydrogen) atoms. The third-order valence-corrected chi connectivity index (χ3v) is 7.09. The van der Waals surface area contributed by atoms with E-state index in [4.69, 9.17) is 14.6 Å². The van der Waals surface area contributed by atoms with Crippen LogP contribution in [0.3, 0.4) is 0 Å². The average molecular weight is 474 g/mol. The summed E-state index contributed by atoms with van der Waals surface area (Å²) in [6.45, 7) is 6.39. The maximum Gasteiger partial charge on any atom is 0.339 e. The van der Waals surface area contributed by atoms with Gasteiger partial charge >= 0.3 is 5.97 Å². The molecule has 0 saturated carbocycles. The third-order valence-electron chi connectivity index (χ3n) is 7.09. The van der Waals surface area contributed by atoms with E-state index in [1.54, 1.807) is 0 Å². The van der Waals surface area contributed by atoms with Crippen LogP contribution in [0.5, 0.6) is 5.75 Å². The Morgan fingerprint density at radius 1 is 1.38 bits per heavy atom. The molecule has 1 saturated heterocycles. The van der Waals surface area contributed by atoms with E-state index in [9.17, 15) is 19.1 Å². The van der Waals surface area contributed by atoms with Gasteiger partial charge in [0.25, 0.3) is 5.91 Å². The first-order valence-corrected chi connectivity index (χ1v) is 11.8. The summed E-state index contributed by atoms with van der Waals surface area (Å²) < 4.78 is 27.5. The molecular formula is C25H32FN3O5. The molecule has 0 radical (unpaired) electrons. The van der Waals surface area contributed by atoms with E-state index < -0.39 is 11.8 Å². The zero-order valence-corrected chi connectivity index (χ0v) is 19.9. The van der Waals surface area contributed by atoms with Gasteiger partial charge < -0.3 is 19.9 Å². The zero-order valence-electron chi connectivity index (χ0n) is 19.9. The number of aryl methyl sites for hydroxylation is 1. The van der Waals surface area contributed by atoms with Crippen LogP contribution in [-0.2, 0) is 30.5 Å². The molecule has 1 fully saturated rings. The fourth-order valence-corrected chi connectivity index (χ4v) is 5.23. The summed E-state index contributed by atoms with van der Waals surface area (Å²) in [5, 5.41) is 17.3. The molecule has 1 atom stereocenters. The Balaban J connectivity index is 1.65. The summed E-state index contributed by atoms with van der Waals surface area (Å²) in [6.07, 6.45) is 3.39. The predicted molar refractivity (Wildman–Crippen MR) is 123 cm³/mol. The molecule has 0 bridgehead atoms. The largest absolute Gasteiger partial charge is 0.495 e. The summed E-state index contributed by atoms with van der Waals surface area (Å²) in [4.78, 5) is 24.6. The molecule has 0 unspecified atom stereocenters. The van der Waals surface area contributed by atoms with Gasteiger partial charge in [-0.15, -0.1) is 0 Å². The molecule has 2 N–H and O–H groups in total. The molecule has 2 aromatic rings. The minimum Gasteiger partial charge on any atom is -0.495 e. The van der Waals surface area contributed by atoms with Crippen molar-refractivity contribution in [3.63, 3.8) is 0 Å². The Labute approximate surface area is 198 Å². The van der Waals surface area contributed by atoms with Crippen LogP contribution in [0.15, 0.2) is 12.1 Å². The van der Waals surface area contributed by atoms with Gasteiger partial charge in [-0.1, -0.05) is 13.8 Å². The van der Waals surface area contributed by atoms with Crippen molar-refractivity contribution in [1.82, 2.24) is 15.1 Å². The number of fused-ring (bicyclic) bond motifs is 1. The third kappa shape index (κ3) is 4.53. The maximum absolute atomic E-state index is 14.7. The lowest BCUT2D eigenvalue weighted by molar-refractivity contribution is 0.0152. The lowest BCUT2D eigenvalue weighted by atomic mass is 9.76. The van der Waals surface area contributed by atoms with E-state index in [-0.39, 0.29) is 40.5 Å². The van der Waals surface area contributed by atoms with Crippen LogP contribution in [0.2, 0.25) is 0 Å². The van der Waals surface area contributed by atoms with Crippen LogP contribution >= 0.6 is 0 Å². The van der Waals surface area contributed by atoms with E-state index in [0.29, 0.717) is 38.3 Å². The van der Waals surface area contributed by atoms with E-state index in [2.05, 4.69) is 5.32 Å². The number of rotatable bonds is 7. The number of methoxy groups -OCH3 is 1. The molecular weight excluding hydrogens is 441 g/mol. The highest BCUT2D eigenvalue weighted by Crippen LogP contribution is 2.38. The number of amides is 1. The molecule has 3 heterocycles. The second-order valence-corrected chi connectivity index (χ2v) is 9.50. The van der Waals surface area contributed by atoms with Gasteiger partial charge in [0.05, 0.1) is 24.1 Å². The Morgan fingerprint density at radius 3 is 2.76 bits per heavy atom. The molecule has 1 amide bonds. The van der Waals surface area contributed by atoms with Gasteiger partial charge in [0.1, 0.15) is 17.1 Å². The normalized spacial score (nSPS) is 18.2. The van der Waals surface area contributed by atoms with E-state index >= 15 is 0 Å². The monoisotopic (exact) mass is 473 g/mol. The van der Waals surface area contributed by atoms with Crippen LogP contribution < -0.4 is 10.1 Å². The number of ether oxygens (including phenoxy) is 2. The minimum atomic E-state index is -1.16. The first-order chi connectivity index (χ1) is 16.3. The molecule has 1 aromatic heterocycles. The number of carbonyl (C=O) groups excluding carboxylic acids is 1. The van der Waals surface area contributed by atoms with E-state index in [1.807, 2.05) is 18.5 Å². The second kappa shape index (κ2) is 9.74. The van der Waals surface area contributed by atoms with Gasteiger partial charge in [-0.05, 0) is 55.6 Å². The Bertz CT molecular complexity index is 1090. The highest BCUT2D eigenvalue weighted by molar-refractivity contribution is 5.97. The van der Waals surface area contributed by atoms with Crippen molar-refractivity contribution in [3.8, 4) is 5.75 Å². The SMILES string of the molecule is CCc1nn(C[C@H](C)Cc2c(F)ccc(C(=O)O)c2OC)c2c1C(=O)NCC1(CCOCC1)C2. The molecule has 9 heteroatoms. The Hall–Kier alpha value is -2.94. The number of aromatic carboxylic acids is 1. The van der Waals surface area contributed by atoms with Crippen molar-refractivity contribution in [2.75, 3.05) is 26.9 Å². The van der Waals surface area contributed by atoms with Crippen LogP contribution in [0, 0.1) is 17.2 Å². The first kappa shape index (κ1) is 24.2. The van der Waals surface area contributed by atoms with Gasteiger partial charge in [-0.2, -0.15) is 5.10 Å². The summed E-state index contributed by atoms with van der Waals surface area (Å²) in [5.74, 6) is -1.78. The van der Waals surface area contributed by atoms with Crippen molar-refractivity contribution >= 4 is 11.9 Å². The summed E-state index contributed by atoms with van der Waals surface area (Å²) in [6, 6.07) is 2.39. The van der Waals surface area contributed by atoms with Crippen molar-refractivity contribution < 1.29 is 28.6 Å². The molecule has 2 aliphatic rings. The number of hydrogen-bond donors (Lipinski definition) is 2. The number of hydrogen-bond acceptors (Lipinski definition) is 5. The van der Waals surface area contributed by atoms with Crippen molar-refractivity contribution in [1.29, 1.82) is 0 Å². The number of halogens is 1. The summed E-state index contributed by atoms with van der Waals surface area (Å²) >= 11 is 0. The first-order valence-electron chi connectivity index (χ1n) is 11.8. The lowest BCUT2D eigenvalue weighted by Gasteiger charge is -2.36. The number of carbonyl (C=O) groups is 2. The molecule has 184 valence electrons. The smallest absolute Gasteiger partial charge is 0.339 e. The summed E-state index contributed by atoms with van der Waals surface area (Å²) in [5.41, 5.74) is 2.46. The van der Waals surface area contributed by atoms with Crippen molar-refractivity contribution in [2.45, 2.75) is 52.5 Å². The van der Waals surface area contributed by atoms with Crippen LogP contribution in [0.4, 0.5) is 4.39 Å². The van der Waals surface area contributed by atoms with Crippen LogP contribution in [-0.4, -0.2) is 53.6 Å². The Kier molecular flexibility index (Phi) is 6.93. The van der Waals surface area contributed by atoms with E-state index in [1.165, 1.54) is 19.2 Å². The highest BCUT2D eigenvalue weighted by atomic mass is 19.1. The van der Waals surface area contributed by atoms with Crippen LogP contribution in [0.25, 0.3) is 0 Å². The average Bonchev–Trinajstić information content (AvgIpc) is 3.08. The van der Waals surface area contributed by atoms with Crippen molar-refractivity contribution in [3.05, 3.63) is 46.0 Å². The molecule has 1 aromatic carbocycles. The van der Waals surface area contributed by atoms with Gasteiger partial charge in [-0.25, -0.2) is 9.18 Å². The van der Waals surface area contributed by atoms with E-state index in [0.717, 1.165) is 30.7 Å². The van der Waals surface area contributed by atoms with Gasteiger partial charge in [0, 0.05) is 31.9 Å². The maximum atomic E-state index is 14.7. The lowest BCUT2D eigenvalue weighted by Crippen LogP contribution is -2.40. The molecule has 0 aliphatic carbocycles. The molecule has 1 spiro atoms. The molecule has 4 rings (SSSR count). The number of nitrogens with zero attached hydrogens (tertiary/aromatic N) is 2. The van der Waals surface area contributed by atoms with Crippen molar-refractivity contribution in [2.24, 2.45) is 11.3 Å². The topological polar surface area (TPSA) is 103 Å². The predicted octanol–water partition coefficient (Wildman–Crippen LogP) is 3.25. The van der Waals surface area contributed by atoms with Gasteiger partial charge in [0.15, 0.2) is 0 Å². The number of carboxylic acids is 1. The molecule has 8 nitrogen and oxygen atoms in total. The fourth-order valence-electron chi connectivity index (χ4n) is 5.23. The number of benzene rings is 1. The quantitative estimate of drug-likeness (QED) is 0.640. The minimum absolute atomic E-state index is 0.0495. The van der Waals surface area contributed by atoms with Gasteiger partial charge in [-0.3, -0.25) is 9.48 Å². The second-order valence-electron chi connectivity index (χ2n) is 9.50. The van der Waals surface area contributed by atoms with Gasteiger partial charge in [0.2, 0.25) is 0 Å². The number of nitrogens with one attached hydrogen (secondary N) is 1.